The lowest BCUT2D eigenvalue weighted by Crippen LogP contribution is -2.23. The molecule has 2 aromatic carbocycles. The zero-order valence-electron chi connectivity index (χ0n) is 13.7. The maximum atomic E-state index is 12.4. The predicted molar refractivity (Wildman–Crippen MR) is 94.7 cm³/mol. The molecule has 0 aliphatic rings. The van der Waals surface area contributed by atoms with Crippen LogP contribution in [0.15, 0.2) is 51.9 Å². The van der Waals surface area contributed by atoms with E-state index in [4.69, 9.17) is 16.1 Å². The summed E-state index contributed by atoms with van der Waals surface area (Å²) in [5.74, 6) is 0.550. The van der Waals surface area contributed by atoms with Crippen LogP contribution in [0.3, 0.4) is 0 Å². The summed E-state index contributed by atoms with van der Waals surface area (Å²) < 4.78 is 32.3. The highest BCUT2D eigenvalue weighted by atomic mass is 35.5. The number of hydrogen-bond donors (Lipinski definition) is 1. The van der Waals surface area contributed by atoms with Gasteiger partial charge in [0.15, 0.2) is 0 Å². The molecule has 25 heavy (non-hydrogen) atoms. The molecule has 0 saturated carbocycles. The van der Waals surface area contributed by atoms with Crippen LogP contribution in [0, 0.1) is 13.8 Å². The Balaban J connectivity index is 1.73. The van der Waals surface area contributed by atoms with Gasteiger partial charge in [-0.15, -0.1) is 0 Å². The van der Waals surface area contributed by atoms with E-state index >= 15 is 0 Å². The molecule has 3 rings (SSSR count). The monoisotopic (exact) mass is 377 g/mol. The average molecular weight is 378 g/mol. The van der Waals surface area contributed by atoms with E-state index in [2.05, 4.69) is 14.9 Å². The van der Waals surface area contributed by atoms with Gasteiger partial charge in [0.1, 0.15) is 0 Å². The number of hydrogen-bond acceptors (Lipinski definition) is 5. The van der Waals surface area contributed by atoms with Gasteiger partial charge in [0, 0.05) is 10.6 Å². The van der Waals surface area contributed by atoms with E-state index in [1.165, 1.54) is 0 Å². The molecule has 0 aliphatic heterocycles. The van der Waals surface area contributed by atoms with Gasteiger partial charge >= 0.3 is 0 Å². The quantitative estimate of drug-likeness (QED) is 0.735. The van der Waals surface area contributed by atoms with Crippen molar-refractivity contribution >= 4 is 21.6 Å². The molecule has 0 unspecified atom stereocenters. The number of aromatic nitrogens is 2. The van der Waals surface area contributed by atoms with Crippen LogP contribution in [-0.2, 0) is 16.6 Å². The predicted octanol–water partition coefficient (Wildman–Crippen LogP) is 3.49. The van der Waals surface area contributed by atoms with Crippen LogP contribution >= 0.6 is 11.6 Å². The van der Waals surface area contributed by atoms with Crippen molar-refractivity contribution in [3.63, 3.8) is 0 Å². The van der Waals surface area contributed by atoms with Crippen molar-refractivity contribution in [2.24, 2.45) is 0 Å². The molecule has 0 amide bonds. The van der Waals surface area contributed by atoms with E-state index < -0.39 is 10.0 Å². The first kappa shape index (κ1) is 17.6. The second kappa shape index (κ2) is 6.95. The van der Waals surface area contributed by atoms with Gasteiger partial charge in [-0.2, -0.15) is 4.98 Å². The average Bonchev–Trinajstić information content (AvgIpc) is 3.05. The molecule has 6 nitrogen and oxygen atoms in total. The van der Waals surface area contributed by atoms with Crippen LogP contribution in [0.2, 0.25) is 5.02 Å². The van der Waals surface area contributed by atoms with Crippen molar-refractivity contribution in [2.75, 3.05) is 0 Å². The van der Waals surface area contributed by atoms with Crippen molar-refractivity contribution in [2.45, 2.75) is 25.3 Å². The minimum atomic E-state index is -3.65. The van der Waals surface area contributed by atoms with Gasteiger partial charge in [-0.25, -0.2) is 13.1 Å². The van der Waals surface area contributed by atoms with Crippen molar-refractivity contribution in [3.05, 3.63) is 64.5 Å². The number of halogens is 1. The summed E-state index contributed by atoms with van der Waals surface area (Å²) in [6, 6.07) is 11.9. The third-order valence-electron chi connectivity index (χ3n) is 3.77. The third-order valence-corrected chi connectivity index (χ3v) is 5.42. The van der Waals surface area contributed by atoms with Crippen molar-refractivity contribution < 1.29 is 12.9 Å². The Bertz CT molecular complexity index is 998. The normalized spacial score (nSPS) is 11.6. The van der Waals surface area contributed by atoms with Crippen LogP contribution in [0.25, 0.3) is 11.4 Å². The summed E-state index contributed by atoms with van der Waals surface area (Å²) >= 11 is 5.84. The van der Waals surface area contributed by atoms with E-state index in [0.717, 1.165) is 16.7 Å². The van der Waals surface area contributed by atoms with Crippen LogP contribution in [0.4, 0.5) is 0 Å². The lowest BCUT2D eigenvalue weighted by atomic mass is 10.1. The van der Waals surface area contributed by atoms with E-state index in [0.29, 0.717) is 10.8 Å². The first-order valence-corrected chi connectivity index (χ1v) is 9.37. The molecule has 0 bridgehead atoms. The summed E-state index contributed by atoms with van der Waals surface area (Å²) in [6.07, 6.45) is 0. The highest BCUT2D eigenvalue weighted by molar-refractivity contribution is 7.89. The highest BCUT2D eigenvalue weighted by Gasteiger charge is 2.17. The fourth-order valence-electron chi connectivity index (χ4n) is 2.16. The van der Waals surface area contributed by atoms with Gasteiger partial charge in [0.2, 0.25) is 21.7 Å². The van der Waals surface area contributed by atoms with E-state index in [1.54, 1.807) is 42.5 Å². The Kier molecular flexibility index (Phi) is 4.89. The Morgan fingerprint density at radius 3 is 2.48 bits per heavy atom. The summed E-state index contributed by atoms with van der Waals surface area (Å²) in [7, 11) is -3.65. The third kappa shape index (κ3) is 4.07. The topological polar surface area (TPSA) is 85.1 Å². The zero-order valence-corrected chi connectivity index (χ0v) is 15.2. The molecule has 3 aromatic rings. The maximum Gasteiger partial charge on any atom is 0.242 e. The molecule has 8 heteroatoms. The Hall–Kier alpha value is -2.22. The van der Waals surface area contributed by atoms with Gasteiger partial charge in [0.25, 0.3) is 0 Å². The number of nitrogens with one attached hydrogen (secondary N) is 1. The zero-order chi connectivity index (χ0) is 18.0. The minimum absolute atomic E-state index is 0.0875. The number of rotatable bonds is 5. The van der Waals surface area contributed by atoms with Crippen LogP contribution in [0.1, 0.15) is 17.0 Å². The molecule has 0 fully saturated rings. The second-order valence-corrected chi connectivity index (χ2v) is 7.79. The number of aryl methyl sites for hydroxylation is 2. The SMILES string of the molecule is Cc1ccc(S(=O)(=O)NCc2nc(-c3ccc(Cl)cc3)no2)cc1C. The number of nitrogens with zero attached hydrogens (tertiary/aromatic N) is 2. The van der Waals surface area contributed by atoms with Gasteiger partial charge in [-0.1, -0.05) is 22.8 Å². The molecule has 1 aromatic heterocycles. The second-order valence-electron chi connectivity index (χ2n) is 5.59. The van der Waals surface area contributed by atoms with Crippen molar-refractivity contribution in [3.8, 4) is 11.4 Å². The molecule has 0 radical (unpaired) electrons. The van der Waals surface area contributed by atoms with Crippen LogP contribution in [0.5, 0.6) is 0 Å². The number of benzene rings is 2. The highest BCUT2D eigenvalue weighted by Crippen LogP contribution is 2.19. The Labute approximate surface area is 150 Å². The summed E-state index contributed by atoms with van der Waals surface area (Å²) in [5.41, 5.74) is 2.67. The van der Waals surface area contributed by atoms with Crippen molar-refractivity contribution in [1.82, 2.24) is 14.9 Å². The first-order chi connectivity index (χ1) is 11.8. The Morgan fingerprint density at radius 1 is 1.08 bits per heavy atom. The molecular weight excluding hydrogens is 362 g/mol. The van der Waals surface area contributed by atoms with E-state index in [9.17, 15) is 8.42 Å². The molecule has 0 aliphatic carbocycles. The summed E-state index contributed by atoms with van der Waals surface area (Å²) in [5, 5.41) is 4.46. The Morgan fingerprint density at radius 2 is 1.80 bits per heavy atom. The number of sulfonamides is 1. The standard InChI is InChI=1S/C17H16ClN3O3S/c1-11-3-8-15(9-12(11)2)25(22,23)19-10-16-20-17(21-24-16)13-4-6-14(18)7-5-13/h3-9,19H,10H2,1-2H3. The molecule has 130 valence electrons. The van der Waals surface area contributed by atoms with Gasteiger partial charge in [-0.3, -0.25) is 0 Å². The smallest absolute Gasteiger partial charge is 0.242 e. The largest absolute Gasteiger partial charge is 0.338 e. The minimum Gasteiger partial charge on any atom is -0.338 e. The fourth-order valence-corrected chi connectivity index (χ4v) is 3.35. The lowest BCUT2D eigenvalue weighted by Gasteiger charge is -2.07. The van der Waals surface area contributed by atoms with Gasteiger partial charge in [-0.05, 0) is 61.4 Å². The van der Waals surface area contributed by atoms with Crippen LogP contribution in [-0.4, -0.2) is 18.6 Å². The summed E-state index contributed by atoms with van der Waals surface area (Å²) in [6.45, 7) is 3.70. The molecular formula is C17H16ClN3O3S. The van der Waals surface area contributed by atoms with Gasteiger partial charge < -0.3 is 4.52 Å². The maximum absolute atomic E-state index is 12.4. The molecule has 1 N–H and O–H groups in total. The summed E-state index contributed by atoms with van der Waals surface area (Å²) in [4.78, 5) is 4.39. The van der Waals surface area contributed by atoms with Crippen LogP contribution < -0.4 is 4.72 Å². The van der Waals surface area contributed by atoms with E-state index in [1.807, 2.05) is 13.8 Å². The van der Waals surface area contributed by atoms with Crippen molar-refractivity contribution in [1.29, 1.82) is 0 Å². The molecule has 0 saturated heterocycles. The molecule has 0 spiro atoms. The van der Waals surface area contributed by atoms with E-state index in [-0.39, 0.29) is 17.3 Å². The molecule has 0 atom stereocenters. The molecule has 1 heterocycles. The van der Waals surface area contributed by atoms with Gasteiger partial charge in [0.05, 0.1) is 11.4 Å². The lowest BCUT2D eigenvalue weighted by molar-refractivity contribution is 0.376. The fraction of sp³-hybridized carbons (Fsp3) is 0.176. The first-order valence-electron chi connectivity index (χ1n) is 7.50.